The number of nitrogens with zero attached hydrogens (tertiary/aromatic N) is 2. The Morgan fingerprint density at radius 3 is 2.68 bits per heavy atom. The van der Waals surface area contributed by atoms with Crippen molar-refractivity contribution < 1.29 is 9.59 Å². The second-order valence-electron chi connectivity index (χ2n) is 7.92. The van der Waals surface area contributed by atoms with Gasteiger partial charge in [-0.05, 0) is 43.8 Å². The molecule has 0 aromatic heterocycles. The Bertz CT molecular complexity index is 855. The lowest BCUT2D eigenvalue weighted by Crippen LogP contribution is -2.48. The van der Waals surface area contributed by atoms with Gasteiger partial charge in [0.2, 0.25) is 11.8 Å². The minimum Gasteiger partial charge on any atom is -0.339 e. The largest absolute Gasteiger partial charge is 0.339 e. The number of amides is 2. The van der Waals surface area contributed by atoms with Gasteiger partial charge < -0.3 is 15.1 Å². The molecule has 148 valence electrons. The van der Waals surface area contributed by atoms with Gasteiger partial charge in [-0.1, -0.05) is 43.3 Å². The fourth-order valence-corrected chi connectivity index (χ4v) is 4.62. The summed E-state index contributed by atoms with van der Waals surface area (Å²) in [4.78, 5) is 30.1. The van der Waals surface area contributed by atoms with Crippen molar-refractivity contribution in [1.29, 1.82) is 0 Å². The number of carbonyl (C=O) groups is 2. The van der Waals surface area contributed by atoms with Crippen molar-refractivity contribution in [1.82, 2.24) is 10.2 Å². The maximum absolute atomic E-state index is 13.3. The second-order valence-corrected chi connectivity index (χ2v) is 7.92. The van der Waals surface area contributed by atoms with Crippen molar-refractivity contribution in [3.63, 3.8) is 0 Å². The van der Waals surface area contributed by atoms with Crippen molar-refractivity contribution in [2.75, 3.05) is 31.1 Å². The molecule has 1 N–H and O–H groups in total. The van der Waals surface area contributed by atoms with Crippen molar-refractivity contribution in [3.05, 3.63) is 42.5 Å². The molecule has 2 fully saturated rings. The third-order valence-electron chi connectivity index (χ3n) is 6.03. The molecule has 5 heteroatoms. The highest BCUT2D eigenvalue weighted by atomic mass is 16.2. The number of nitrogens with one attached hydrogen (secondary N) is 1. The van der Waals surface area contributed by atoms with E-state index < -0.39 is 0 Å². The smallest absolute Gasteiger partial charge is 0.228 e. The van der Waals surface area contributed by atoms with Crippen LogP contribution >= 0.6 is 0 Å². The van der Waals surface area contributed by atoms with Crippen LogP contribution in [0.2, 0.25) is 0 Å². The van der Waals surface area contributed by atoms with Crippen LogP contribution in [0.25, 0.3) is 10.8 Å². The van der Waals surface area contributed by atoms with Crippen LogP contribution < -0.4 is 10.2 Å². The van der Waals surface area contributed by atoms with E-state index in [0.717, 1.165) is 55.4 Å². The Hall–Kier alpha value is -2.40. The molecule has 0 spiro atoms. The molecule has 2 aliphatic rings. The van der Waals surface area contributed by atoms with Gasteiger partial charge >= 0.3 is 0 Å². The van der Waals surface area contributed by atoms with E-state index in [0.29, 0.717) is 19.0 Å². The highest BCUT2D eigenvalue weighted by Crippen LogP contribution is 2.32. The number of anilines is 1. The third kappa shape index (κ3) is 3.63. The van der Waals surface area contributed by atoms with Gasteiger partial charge in [0.25, 0.3) is 0 Å². The van der Waals surface area contributed by atoms with Gasteiger partial charge in [-0.3, -0.25) is 9.59 Å². The maximum Gasteiger partial charge on any atom is 0.228 e. The molecule has 0 radical (unpaired) electrons. The van der Waals surface area contributed by atoms with Crippen LogP contribution in [0.5, 0.6) is 0 Å². The number of rotatable bonds is 5. The summed E-state index contributed by atoms with van der Waals surface area (Å²) < 4.78 is 0. The summed E-state index contributed by atoms with van der Waals surface area (Å²) in [5.74, 6) is -0.0331. The topological polar surface area (TPSA) is 52.7 Å². The minimum absolute atomic E-state index is 0.0523. The van der Waals surface area contributed by atoms with Gasteiger partial charge in [0.15, 0.2) is 0 Å². The number of piperidine rings is 1. The van der Waals surface area contributed by atoms with Gasteiger partial charge in [0, 0.05) is 30.9 Å². The summed E-state index contributed by atoms with van der Waals surface area (Å²) in [7, 11) is 0. The van der Waals surface area contributed by atoms with E-state index in [4.69, 9.17) is 0 Å². The van der Waals surface area contributed by atoms with Crippen molar-refractivity contribution in [2.45, 2.75) is 38.6 Å². The first-order chi connectivity index (χ1) is 13.7. The van der Waals surface area contributed by atoms with Crippen LogP contribution in [0.1, 0.15) is 32.6 Å². The molecule has 4 rings (SSSR count). The first-order valence-corrected chi connectivity index (χ1v) is 10.5. The van der Waals surface area contributed by atoms with E-state index in [-0.39, 0.29) is 17.7 Å². The number of hydrogen-bond acceptors (Lipinski definition) is 3. The molecule has 2 saturated heterocycles. The average molecular weight is 380 g/mol. The zero-order valence-corrected chi connectivity index (χ0v) is 16.6. The monoisotopic (exact) mass is 379 g/mol. The molecular weight excluding hydrogens is 350 g/mol. The fraction of sp³-hybridized carbons (Fsp3) is 0.478. The molecule has 0 bridgehead atoms. The molecular formula is C23H29N3O2. The number of carbonyl (C=O) groups excluding carboxylic acids is 2. The molecule has 2 amide bonds. The molecule has 2 aliphatic heterocycles. The Labute approximate surface area is 166 Å². The Balaban J connectivity index is 1.55. The quantitative estimate of drug-likeness (QED) is 0.868. The van der Waals surface area contributed by atoms with Crippen molar-refractivity contribution in [2.24, 2.45) is 5.92 Å². The van der Waals surface area contributed by atoms with Crippen LogP contribution in [-0.2, 0) is 9.59 Å². The molecule has 1 unspecified atom stereocenters. The summed E-state index contributed by atoms with van der Waals surface area (Å²) in [6.07, 6.45) is 3.26. The van der Waals surface area contributed by atoms with E-state index in [1.165, 1.54) is 0 Å². The van der Waals surface area contributed by atoms with E-state index in [1.807, 2.05) is 35.2 Å². The van der Waals surface area contributed by atoms with Crippen molar-refractivity contribution >= 4 is 28.3 Å². The summed E-state index contributed by atoms with van der Waals surface area (Å²) in [6, 6.07) is 14.4. The summed E-state index contributed by atoms with van der Waals surface area (Å²) in [5, 5.41) is 5.55. The molecule has 28 heavy (non-hydrogen) atoms. The van der Waals surface area contributed by atoms with Crippen molar-refractivity contribution in [3.8, 4) is 0 Å². The van der Waals surface area contributed by atoms with E-state index in [9.17, 15) is 9.59 Å². The summed E-state index contributed by atoms with van der Waals surface area (Å²) in [6.45, 7) is 5.30. The average Bonchev–Trinajstić information content (AvgIpc) is 3.13. The minimum atomic E-state index is -0.243. The Morgan fingerprint density at radius 2 is 1.89 bits per heavy atom. The zero-order chi connectivity index (χ0) is 19.5. The molecule has 1 atom stereocenters. The van der Waals surface area contributed by atoms with Gasteiger partial charge in [-0.2, -0.15) is 0 Å². The van der Waals surface area contributed by atoms with Crippen LogP contribution in [0.15, 0.2) is 42.5 Å². The SMILES string of the molecule is CCCN(C(=O)C1CC(=O)N(c2cccc3ccccc23)C1)C1CCNCC1. The van der Waals surface area contributed by atoms with Gasteiger partial charge in [-0.15, -0.1) is 0 Å². The molecule has 5 nitrogen and oxygen atoms in total. The van der Waals surface area contributed by atoms with Gasteiger partial charge in [0.05, 0.1) is 11.6 Å². The van der Waals surface area contributed by atoms with E-state index in [1.54, 1.807) is 0 Å². The molecule has 0 saturated carbocycles. The maximum atomic E-state index is 13.3. The lowest BCUT2D eigenvalue weighted by Gasteiger charge is -2.36. The van der Waals surface area contributed by atoms with E-state index in [2.05, 4.69) is 29.3 Å². The highest BCUT2D eigenvalue weighted by Gasteiger charge is 2.39. The van der Waals surface area contributed by atoms with Crippen LogP contribution in [0.4, 0.5) is 5.69 Å². The van der Waals surface area contributed by atoms with E-state index >= 15 is 0 Å². The summed E-state index contributed by atoms with van der Waals surface area (Å²) >= 11 is 0. The molecule has 2 heterocycles. The van der Waals surface area contributed by atoms with Gasteiger partial charge in [-0.25, -0.2) is 0 Å². The highest BCUT2D eigenvalue weighted by molar-refractivity contribution is 6.07. The van der Waals surface area contributed by atoms with Crippen LogP contribution in [-0.4, -0.2) is 48.9 Å². The molecule has 0 aliphatic carbocycles. The number of benzene rings is 2. The molecule has 2 aromatic rings. The lowest BCUT2D eigenvalue weighted by molar-refractivity contribution is -0.138. The predicted octanol–water partition coefficient (Wildman–Crippen LogP) is 3.18. The van der Waals surface area contributed by atoms with Gasteiger partial charge in [0.1, 0.15) is 0 Å². The summed E-state index contributed by atoms with van der Waals surface area (Å²) in [5.41, 5.74) is 0.919. The standard InChI is InChI=1S/C23H29N3O2/c1-2-14-25(19-10-12-24-13-11-19)23(28)18-15-22(27)26(16-18)21-9-5-7-17-6-3-4-8-20(17)21/h3-9,18-19,24H,2,10-16H2,1H3. The Kier molecular flexibility index (Phi) is 5.62. The second kappa shape index (κ2) is 8.31. The normalized spacial score (nSPS) is 20.7. The van der Waals surface area contributed by atoms with Crippen LogP contribution in [0, 0.1) is 5.92 Å². The number of hydrogen-bond donors (Lipinski definition) is 1. The first kappa shape index (κ1) is 18.9. The molecule has 2 aromatic carbocycles. The number of fused-ring (bicyclic) bond motifs is 1. The zero-order valence-electron chi connectivity index (χ0n) is 16.6. The first-order valence-electron chi connectivity index (χ1n) is 10.5. The van der Waals surface area contributed by atoms with Crippen LogP contribution in [0.3, 0.4) is 0 Å². The predicted molar refractivity (Wildman–Crippen MR) is 112 cm³/mol. The fourth-order valence-electron chi connectivity index (χ4n) is 4.62. The Morgan fingerprint density at radius 1 is 1.14 bits per heavy atom. The third-order valence-corrected chi connectivity index (χ3v) is 6.03. The lowest BCUT2D eigenvalue weighted by atomic mass is 10.0.